The van der Waals surface area contributed by atoms with Crippen molar-refractivity contribution in [1.82, 2.24) is 5.32 Å². The summed E-state index contributed by atoms with van der Waals surface area (Å²) in [5, 5.41) is 12.4. The maximum absolute atomic E-state index is 12.9. The molecule has 30 heavy (non-hydrogen) atoms. The largest absolute Gasteiger partial charge is 0.478 e. The van der Waals surface area contributed by atoms with Gasteiger partial charge in [-0.15, -0.1) is 0 Å². The Morgan fingerprint density at radius 3 is 1.97 bits per heavy atom. The maximum Gasteiger partial charge on any atom is 0.336 e. The van der Waals surface area contributed by atoms with Crippen LogP contribution in [0.3, 0.4) is 0 Å². The highest BCUT2D eigenvalue weighted by atomic mass is 16.5. The number of carboxylic acids is 1. The van der Waals surface area contributed by atoms with Crippen molar-refractivity contribution >= 4 is 24.0 Å². The first-order chi connectivity index (χ1) is 14.2. The molecule has 2 rings (SSSR count). The van der Waals surface area contributed by atoms with E-state index in [-0.39, 0.29) is 18.8 Å². The van der Waals surface area contributed by atoms with Crippen molar-refractivity contribution in [3.63, 3.8) is 0 Å². The molecule has 0 atom stereocenters. The van der Waals surface area contributed by atoms with Crippen LogP contribution in [-0.2, 0) is 23.9 Å². The molecule has 0 bridgehead atoms. The van der Waals surface area contributed by atoms with Crippen molar-refractivity contribution in [1.29, 1.82) is 0 Å². The van der Waals surface area contributed by atoms with Crippen molar-refractivity contribution in [3.8, 4) is 0 Å². The quantitative estimate of drug-likeness (QED) is 0.521. The Labute approximate surface area is 176 Å². The van der Waals surface area contributed by atoms with Gasteiger partial charge in [0.2, 0.25) is 0 Å². The highest BCUT2D eigenvalue weighted by Crippen LogP contribution is 2.41. The van der Waals surface area contributed by atoms with Crippen LogP contribution in [0.5, 0.6) is 0 Å². The molecule has 0 aliphatic carbocycles. The molecule has 0 aromatic heterocycles. The summed E-state index contributed by atoms with van der Waals surface area (Å²) in [5.41, 5.74) is 3.06. The predicted molar refractivity (Wildman–Crippen MR) is 112 cm³/mol. The topological polar surface area (TPSA) is 102 Å². The molecule has 0 saturated carbocycles. The number of hydrogen-bond donors (Lipinski definition) is 2. The van der Waals surface area contributed by atoms with Gasteiger partial charge >= 0.3 is 17.9 Å². The smallest absolute Gasteiger partial charge is 0.336 e. The molecule has 0 fully saturated rings. The molecule has 0 unspecified atom stereocenters. The van der Waals surface area contributed by atoms with Gasteiger partial charge in [0.05, 0.1) is 30.3 Å². The number of carbonyl (C=O) groups excluding carboxylic acids is 2. The predicted octanol–water partition coefficient (Wildman–Crippen LogP) is 3.54. The average Bonchev–Trinajstić information content (AvgIpc) is 2.67. The number of esters is 2. The van der Waals surface area contributed by atoms with Crippen LogP contribution in [0.1, 0.15) is 51.7 Å². The summed E-state index contributed by atoms with van der Waals surface area (Å²) in [6, 6.07) is 7.07. The van der Waals surface area contributed by atoms with Crippen LogP contribution in [0.25, 0.3) is 6.08 Å². The van der Waals surface area contributed by atoms with Gasteiger partial charge in [0.25, 0.3) is 0 Å². The molecule has 160 valence electrons. The molecule has 1 aliphatic heterocycles. The molecular weight excluding hydrogens is 386 g/mol. The fourth-order valence-corrected chi connectivity index (χ4v) is 3.46. The van der Waals surface area contributed by atoms with Crippen molar-refractivity contribution in [2.75, 3.05) is 13.2 Å². The standard InChI is InChI=1S/C23H27NO6/c1-6-29-22(27)18-14(4)24-15(5)19(23(28)30-7-2)20(18)17-11-9-8-10-16(17)12-13(3)21(25)26/h8-12,20,24H,6-7H2,1-5H3,(H,25,26)/b13-12+. The Balaban J connectivity index is 2.78. The highest BCUT2D eigenvalue weighted by Gasteiger charge is 2.38. The number of nitrogens with one attached hydrogen (secondary N) is 1. The Bertz CT molecular complexity index is 914. The zero-order valence-electron chi connectivity index (χ0n) is 17.9. The van der Waals surface area contributed by atoms with Crippen LogP contribution in [0.2, 0.25) is 0 Å². The zero-order chi connectivity index (χ0) is 22.4. The summed E-state index contributed by atoms with van der Waals surface area (Å²) in [4.78, 5) is 37.1. The molecule has 0 saturated heterocycles. The Kier molecular flexibility index (Phi) is 7.58. The summed E-state index contributed by atoms with van der Waals surface area (Å²) < 4.78 is 10.5. The lowest BCUT2D eigenvalue weighted by molar-refractivity contribution is -0.139. The van der Waals surface area contributed by atoms with Crippen LogP contribution < -0.4 is 5.32 Å². The number of dihydropyridines is 1. The minimum atomic E-state index is -1.05. The van der Waals surface area contributed by atoms with Gasteiger partial charge < -0.3 is 19.9 Å². The van der Waals surface area contributed by atoms with E-state index < -0.39 is 23.8 Å². The molecule has 2 N–H and O–H groups in total. The Morgan fingerprint density at radius 1 is 1.00 bits per heavy atom. The number of ether oxygens (including phenoxy) is 2. The van der Waals surface area contributed by atoms with Crippen LogP contribution in [-0.4, -0.2) is 36.2 Å². The molecule has 1 aromatic rings. The van der Waals surface area contributed by atoms with E-state index in [1.54, 1.807) is 52.0 Å². The molecule has 0 spiro atoms. The summed E-state index contributed by atoms with van der Waals surface area (Å²) in [7, 11) is 0. The number of carbonyl (C=O) groups is 3. The number of rotatable bonds is 7. The lowest BCUT2D eigenvalue weighted by Crippen LogP contribution is -2.32. The lowest BCUT2D eigenvalue weighted by atomic mass is 9.78. The van der Waals surface area contributed by atoms with Gasteiger partial charge in [-0.3, -0.25) is 0 Å². The maximum atomic E-state index is 12.9. The Hall–Kier alpha value is -3.35. The van der Waals surface area contributed by atoms with E-state index >= 15 is 0 Å². The molecule has 7 nitrogen and oxygen atoms in total. The number of carboxylic acid groups (broad SMARTS) is 1. The van der Waals surface area contributed by atoms with Crippen LogP contribution >= 0.6 is 0 Å². The summed E-state index contributed by atoms with van der Waals surface area (Å²) >= 11 is 0. The van der Waals surface area contributed by atoms with Gasteiger partial charge in [0.1, 0.15) is 0 Å². The second-order valence-electron chi connectivity index (χ2n) is 6.84. The molecule has 0 amide bonds. The van der Waals surface area contributed by atoms with E-state index in [9.17, 15) is 19.5 Å². The monoisotopic (exact) mass is 413 g/mol. The third-order valence-corrected chi connectivity index (χ3v) is 4.77. The van der Waals surface area contributed by atoms with E-state index in [1.807, 2.05) is 0 Å². The average molecular weight is 413 g/mol. The number of hydrogen-bond acceptors (Lipinski definition) is 6. The van der Waals surface area contributed by atoms with E-state index in [4.69, 9.17) is 9.47 Å². The van der Waals surface area contributed by atoms with Crippen molar-refractivity contribution in [3.05, 3.63) is 63.5 Å². The van der Waals surface area contributed by atoms with Crippen molar-refractivity contribution < 1.29 is 29.0 Å². The molecular formula is C23H27NO6. The van der Waals surface area contributed by atoms with Gasteiger partial charge in [-0.2, -0.15) is 0 Å². The van der Waals surface area contributed by atoms with Crippen molar-refractivity contribution in [2.45, 2.75) is 40.5 Å². The molecule has 1 aliphatic rings. The fraction of sp³-hybridized carbons (Fsp3) is 0.348. The van der Waals surface area contributed by atoms with Gasteiger partial charge in [-0.1, -0.05) is 24.3 Å². The van der Waals surface area contributed by atoms with E-state index in [0.29, 0.717) is 33.7 Å². The van der Waals surface area contributed by atoms with Crippen molar-refractivity contribution in [2.24, 2.45) is 0 Å². The van der Waals surface area contributed by atoms with E-state index in [2.05, 4.69) is 5.32 Å². The SMILES string of the molecule is CCOC(=O)C1=C(C)NC(C)=C(C(=O)OCC)C1c1ccccc1/C=C(\C)C(=O)O. The summed E-state index contributed by atoms with van der Waals surface area (Å²) in [5.74, 6) is -2.91. The number of aliphatic carboxylic acids is 1. The third-order valence-electron chi connectivity index (χ3n) is 4.77. The third kappa shape index (κ3) is 4.79. The van der Waals surface area contributed by atoms with Gasteiger partial charge in [0, 0.05) is 17.0 Å². The van der Waals surface area contributed by atoms with Crippen LogP contribution in [0.15, 0.2) is 52.4 Å². The number of allylic oxidation sites excluding steroid dienone is 2. The normalized spacial score (nSPS) is 15.0. The van der Waals surface area contributed by atoms with E-state index in [0.717, 1.165) is 0 Å². The zero-order valence-corrected chi connectivity index (χ0v) is 17.9. The van der Waals surface area contributed by atoms with Gasteiger partial charge in [-0.05, 0) is 51.8 Å². The minimum Gasteiger partial charge on any atom is -0.478 e. The summed E-state index contributed by atoms with van der Waals surface area (Å²) in [6.45, 7) is 8.75. The van der Waals surface area contributed by atoms with E-state index in [1.165, 1.54) is 13.0 Å². The number of benzene rings is 1. The highest BCUT2D eigenvalue weighted by molar-refractivity contribution is 6.00. The first-order valence-electron chi connectivity index (χ1n) is 9.76. The first-order valence-corrected chi connectivity index (χ1v) is 9.76. The molecule has 0 radical (unpaired) electrons. The second-order valence-corrected chi connectivity index (χ2v) is 6.84. The van der Waals surface area contributed by atoms with Gasteiger partial charge in [0.15, 0.2) is 0 Å². The second kappa shape index (κ2) is 9.91. The fourth-order valence-electron chi connectivity index (χ4n) is 3.46. The van der Waals surface area contributed by atoms with Crippen LogP contribution in [0.4, 0.5) is 0 Å². The molecule has 1 heterocycles. The lowest BCUT2D eigenvalue weighted by Gasteiger charge is -2.31. The first kappa shape index (κ1) is 22.9. The molecule has 7 heteroatoms. The van der Waals surface area contributed by atoms with Crippen LogP contribution in [0, 0.1) is 0 Å². The minimum absolute atomic E-state index is 0.133. The van der Waals surface area contributed by atoms with Gasteiger partial charge in [-0.25, -0.2) is 14.4 Å². The Morgan fingerprint density at radius 2 is 1.50 bits per heavy atom. The molecule has 1 aromatic carbocycles. The summed E-state index contributed by atoms with van der Waals surface area (Å²) in [6.07, 6.45) is 1.52.